The van der Waals surface area contributed by atoms with Crippen LogP contribution in [0, 0.1) is 11.8 Å². The minimum absolute atomic E-state index is 0.0991. The smallest absolute Gasteiger partial charge is 0.240 e. The number of nitrogens with zero attached hydrogens (tertiary/aromatic N) is 1. The van der Waals surface area contributed by atoms with Crippen LogP contribution in [0.3, 0.4) is 0 Å². The zero-order chi connectivity index (χ0) is 20.2. The first-order chi connectivity index (χ1) is 13.1. The Morgan fingerprint density at radius 1 is 0.750 bits per heavy atom. The van der Waals surface area contributed by atoms with E-state index in [1.807, 2.05) is 30.3 Å². The third-order valence-corrected chi connectivity index (χ3v) is 10.2. The van der Waals surface area contributed by atoms with E-state index in [0.717, 1.165) is 15.7 Å². The zero-order valence-corrected chi connectivity index (χ0v) is 18.3. The van der Waals surface area contributed by atoms with Crippen molar-refractivity contribution < 1.29 is 9.59 Å². The molecule has 1 saturated heterocycles. The third kappa shape index (κ3) is 1.84. The molecule has 3 nitrogen and oxygen atoms in total. The summed E-state index contributed by atoms with van der Waals surface area (Å²) in [5, 5.41) is 1.41. The lowest BCUT2D eigenvalue weighted by Crippen LogP contribution is -2.50. The number of hydrogen-bond acceptors (Lipinski definition) is 2. The third-order valence-electron chi connectivity index (χ3n) is 5.92. The van der Waals surface area contributed by atoms with Gasteiger partial charge in [0, 0.05) is 5.39 Å². The van der Waals surface area contributed by atoms with Gasteiger partial charge in [-0.2, -0.15) is 0 Å². The maximum absolute atomic E-state index is 13.4. The number of rotatable bonds is 1. The Kier molecular flexibility index (Phi) is 3.94. The minimum Gasteiger partial charge on any atom is -0.274 e. The molecular weight excluding hydrogens is 487 g/mol. The SMILES string of the molecule is O=C1[C@@H]2[C@H](C(=O)N1c1cccc3ccccc13)[C@]1(Cl)C(Cl)=C(Cl)[C@]2(Cl)C1(Cl)Cl. The van der Waals surface area contributed by atoms with Crippen LogP contribution in [0.5, 0.6) is 0 Å². The molecule has 4 atom stereocenters. The number of hydrogen-bond donors (Lipinski definition) is 0. The number of halogens is 6. The van der Waals surface area contributed by atoms with Crippen LogP contribution in [-0.4, -0.2) is 25.9 Å². The fourth-order valence-corrected chi connectivity index (χ4v) is 7.56. The molecule has 2 bridgehead atoms. The van der Waals surface area contributed by atoms with E-state index < -0.39 is 37.7 Å². The summed E-state index contributed by atoms with van der Waals surface area (Å²) in [6.07, 6.45) is 0. The number of alkyl halides is 4. The number of anilines is 1. The molecule has 28 heavy (non-hydrogen) atoms. The Morgan fingerprint density at radius 2 is 1.25 bits per heavy atom. The van der Waals surface area contributed by atoms with Crippen molar-refractivity contribution in [1.82, 2.24) is 0 Å². The lowest BCUT2D eigenvalue weighted by molar-refractivity contribution is -0.123. The van der Waals surface area contributed by atoms with Crippen molar-refractivity contribution in [1.29, 1.82) is 0 Å². The van der Waals surface area contributed by atoms with E-state index in [-0.39, 0.29) is 10.1 Å². The highest BCUT2D eigenvalue weighted by Crippen LogP contribution is 2.77. The first-order valence-corrected chi connectivity index (χ1v) is 10.5. The van der Waals surface area contributed by atoms with Gasteiger partial charge in [-0.1, -0.05) is 82.8 Å². The first-order valence-electron chi connectivity index (χ1n) is 8.27. The number of benzene rings is 2. The van der Waals surface area contributed by atoms with E-state index in [1.54, 1.807) is 12.1 Å². The normalized spacial score (nSPS) is 36.0. The number of allylic oxidation sites excluding steroid dienone is 2. The van der Waals surface area contributed by atoms with Crippen LogP contribution in [0.25, 0.3) is 10.8 Å². The predicted molar refractivity (Wildman–Crippen MR) is 114 cm³/mol. The molecule has 0 aromatic heterocycles. The topological polar surface area (TPSA) is 37.4 Å². The van der Waals surface area contributed by atoms with E-state index >= 15 is 0 Å². The number of fused-ring (bicyclic) bond motifs is 6. The highest BCUT2D eigenvalue weighted by atomic mass is 35.5. The number of imide groups is 1. The van der Waals surface area contributed by atoms with Gasteiger partial charge in [-0.15, -0.1) is 23.2 Å². The standard InChI is InChI=1S/C19H9Cl6NO2/c20-13-14(21)18(23)12-11(17(13,22)19(18,24)25)15(27)26(16(12)28)10-7-3-5-8-4-1-2-6-9(8)10/h1-7,11-12H/t11-,12+,17-,18-/m0/s1. The molecule has 2 aromatic carbocycles. The molecule has 1 heterocycles. The monoisotopic (exact) mass is 493 g/mol. The molecule has 3 aliphatic rings. The Hall–Kier alpha value is -0.680. The molecule has 2 aliphatic carbocycles. The predicted octanol–water partition coefficient (Wildman–Crippen LogP) is 5.79. The molecule has 2 amide bonds. The van der Waals surface area contributed by atoms with Crippen LogP contribution in [0.1, 0.15) is 0 Å². The molecule has 0 unspecified atom stereocenters. The average molecular weight is 496 g/mol. The summed E-state index contributed by atoms with van der Waals surface area (Å²) in [6.45, 7) is 0. The Morgan fingerprint density at radius 3 is 1.82 bits per heavy atom. The maximum Gasteiger partial charge on any atom is 0.240 e. The molecule has 2 aromatic rings. The largest absolute Gasteiger partial charge is 0.274 e. The number of carbonyl (C=O) groups is 2. The van der Waals surface area contributed by atoms with Crippen LogP contribution < -0.4 is 4.90 Å². The van der Waals surface area contributed by atoms with E-state index in [1.165, 1.54) is 0 Å². The van der Waals surface area contributed by atoms with Crippen LogP contribution in [0.2, 0.25) is 0 Å². The van der Waals surface area contributed by atoms with Gasteiger partial charge in [0.25, 0.3) is 0 Å². The molecular formula is C19H9Cl6NO2. The van der Waals surface area contributed by atoms with E-state index in [9.17, 15) is 9.59 Å². The molecule has 1 aliphatic heterocycles. The molecule has 0 spiro atoms. The second kappa shape index (κ2) is 5.72. The number of carbonyl (C=O) groups excluding carboxylic acids is 2. The van der Waals surface area contributed by atoms with E-state index in [2.05, 4.69) is 0 Å². The molecule has 144 valence electrons. The summed E-state index contributed by atoms with van der Waals surface area (Å²) >= 11 is 39.1. The van der Waals surface area contributed by atoms with E-state index in [0.29, 0.717) is 5.69 Å². The Labute approximate surface area is 190 Å². The van der Waals surface area contributed by atoms with Gasteiger partial charge in [-0.25, -0.2) is 4.90 Å². The maximum atomic E-state index is 13.4. The van der Waals surface area contributed by atoms with Crippen molar-refractivity contribution in [3.05, 3.63) is 52.5 Å². The van der Waals surface area contributed by atoms with Crippen molar-refractivity contribution in [2.45, 2.75) is 14.1 Å². The highest BCUT2D eigenvalue weighted by Gasteiger charge is 2.87. The lowest BCUT2D eigenvalue weighted by atomic mass is 9.84. The molecule has 5 rings (SSSR count). The van der Waals surface area contributed by atoms with Crippen LogP contribution in [-0.2, 0) is 9.59 Å². The summed E-state index contributed by atoms with van der Waals surface area (Å²) in [7, 11) is 0. The fourth-order valence-electron chi connectivity index (χ4n) is 4.64. The van der Waals surface area contributed by atoms with Gasteiger partial charge in [0.1, 0.15) is 9.75 Å². The molecule has 9 heteroatoms. The Bertz CT molecular complexity index is 1080. The van der Waals surface area contributed by atoms with Crippen LogP contribution >= 0.6 is 69.6 Å². The average Bonchev–Trinajstić information content (AvgIpc) is 3.05. The Balaban J connectivity index is 1.74. The quantitative estimate of drug-likeness (QED) is 0.371. The zero-order valence-electron chi connectivity index (χ0n) is 13.7. The first kappa shape index (κ1) is 19.3. The van der Waals surface area contributed by atoms with E-state index in [4.69, 9.17) is 69.6 Å². The van der Waals surface area contributed by atoms with Crippen LogP contribution in [0.4, 0.5) is 5.69 Å². The number of amides is 2. The van der Waals surface area contributed by atoms with Gasteiger partial charge in [0.15, 0.2) is 4.33 Å². The molecule has 0 N–H and O–H groups in total. The second-order valence-electron chi connectivity index (χ2n) is 7.09. The van der Waals surface area contributed by atoms with Gasteiger partial charge in [0.05, 0.1) is 27.6 Å². The molecule has 2 fully saturated rings. The fraction of sp³-hybridized carbons (Fsp3) is 0.263. The van der Waals surface area contributed by atoms with Crippen LogP contribution in [0.15, 0.2) is 52.5 Å². The summed E-state index contributed by atoms with van der Waals surface area (Å²) < 4.78 is -1.93. The summed E-state index contributed by atoms with van der Waals surface area (Å²) in [5.74, 6) is -3.39. The van der Waals surface area contributed by atoms with Crippen molar-refractivity contribution in [2.75, 3.05) is 4.90 Å². The summed E-state index contributed by atoms with van der Waals surface area (Å²) in [5.41, 5.74) is 0.435. The van der Waals surface area contributed by atoms with Crippen molar-refractivity contribution >= 4 is 97.9 Å². The molecule has 0 radical (unpaired) electrons. The van der Waals surface area contributed by atoms with Crippen molar-refractivity contribution in [3.63, 3.8) is 0 Å². The van der Waals surface area contributed by atoms with Crippen molar-refractivity contribution in [3.8, 4) is 0 Å². The second-order valence-corrected chi connectivity index (χ2v) is 10.4. The van der Waals surface area contributed by atoms with Gasteiger partial charge in [0.2, 0.25) is 11.8 Å². The van der Waals surface area contributed by atoms with Gasteiger partial charge in [-0.05, 0) is 11.5 Å². The lowest BCUT2D eigenvalue weighted by Gasteiger charge is -2.34. The van der Waals surface area contributed by atoms with Gasteiger partial charge >= 0.3 is 0 Å². The van der Waals surface area contributed by atoms with Gasteiger partial charge < -0.3 is 0 Å². The summed E-state index contributed by atoms with van der Waals surface area (Å²) in [4.78, 5) is 24.4. The molecule has 1 saturated carbocycles. The minimum atomic E-state index is -1.93. The van der Waals surface area contributed by atoms with Gasteiger partial charge in [-0.3, -0.25) is 9.59 Å². The van der Waals surface area contributed by atoms with Crippen molar-refractivity contribution in [2.24, 2.45) is 11.8 Å². The summed E-state index contributed by atoms with van der Waals surface area (Å²) in [6, 6.07) is 12.7. The highest BCUT2D eigenvalue weighted by molar-refractivity contribution is 6.67.